The number of benzene rings is 2. The van der Waals surface area contributed by atoms with E-state index in [0.717, 1.165) is 42.4 Å². The van der Waals surface area contributed by atoms with Crippen LogP contribution in [0.3, 0.4) is 0 Å². The number of ketones is 2. The minimum Gasteiger partial charge on any atom is -0.481 e. The van der Waals surface area contributed by atoms with Crippen molar-refractivity contribution in [2.24, 2.45) is 5.92 Å². The number of nitrogens with one attached hydrogen (secondary N) is 5. The van der Waals surface area contributed by atoms with Gasteiger partial charge in [0.25, 0.3) is 0 Å². The number of hydrogen-bond donors (Lipinski definition) is 12. The summed E-state index contributed by atoms with van der Waals surface area (Å²) < 4.78 is 0. The maximum absolute atomic E-state index is 13.9. The van der Waals surface area contributed by atoms with Gasteiger partial charge in [-0.25, -0.2) is 14.4 Å². The third-order valence-corrected chi connectivity index (χ3v) is 16.8. The Morgan fingerprint density at radius 2 is 0.969 bits per heavy atom. The number of aliphatic carboxylic acids is 7. The highest BCUT2D eigenvalue weighted by atomic mass is 32.1. The SMILES string of the molecule is O=C(O)CCCNC(=O)N[C@@H](CCC(=O)CCCCCCCCC(=O)C[C@@H](CCCCNC(=S)Cc1ccc(CC2CN(CC(=O)O)CCN(CC(=O)O)CCN(CC(=O)O)CCN2CC(=O)O)cc1)C(=O)N[C@@H](CCCCNC(=O)CCCc1ccccc1)C(=O)O)C(=O)O. The van der Waals surface area contributed by atoms with Gasteiger partial charge in [-0.3, -0.25) is 62.8 Å². The zero-order valence-corrected chi connectivity index (χ0v) is 55.9. The number of amides is 4. The van der Waals surface area contributed by atoms with E-state index in [1.54, 1.807) is 19.6 Å². The minimum absolute atomic E-state index is 0.0443. The highest BCUT2D eigenvalue weighted by Crippen LogP contribution is 2.20. The summed E-state index contributed by atoms with van der Waals surface area (Å²) in [6, 6.07) is 13.5. The van der Waals surface area contributed by atoms with Crippen LogP contribution >= 0.6 is 12.2 Å². The van der Waals surface area contributed by atoms with E-state index in [4.69, 9.17) is 17.3 Å². The van der Waals surface area contributed by atoms with Crippen LogP contribution in [0.5, 0.6) is 0 Å². The first kappa shape index (κ1) is 82.2. The highest BCUT2D eigenvalue weighted by molar-refractivity contribution is 7.80. The number of thiocarbonyl (C=S) groups is 1. The molecule has 0 spiro atoms. The highest BCUT2D eigenvalue weighted by Gasteiger charge is 2.30. The van der Waals surface area contributed by atoms with Crippen molar-refractivity contribution in [3.63, 3.8) is 0 Å². The Balaban J connectivity index is 1.57. The molecule has 12 N–H and O–H groups in total. The van der Waals surface area contributed by atoms with E-state index < -0.39 is 84.3 Å². The summed E-state index contributed by atoms with van der Waals surface area (Å²) in [6.07, 6.45) is 9.16. The standard InChI is InChI=1S/C67H101N9O19S/c77-53(29-30-56(66(93)94)72-67(95)70-33-15-24-59(80)81)20-8-3-1-2-4-9-21-54(78)42-51(64(90)71-55(65(91)92)22-11-13-31-68-57(79)23-14-18-48-16-6-5-7-17-48)19-10-12-32-69-58(96)41-50-27-25-49(26-28-50)40-52-43-75(46-62(86)87)37-36-73(44-60(82)83)34-35-74(45-61(84)85)38-39-76(52)47-63(88)89/h5-7,16-17,25-28,51-52,55-56H,1-4,8-15,18-24,29-47H2,(H,68,79)(H,69,96)(H,71,90)(H,80,81)(H,82,83)(H,84,85)(H,86,87)(H,88,89)(H,91,92)(H,93,94)(H2,70,72,95)/t51-,52?,55+,56+/m1/s1. The molecule has 0 aliphatic carbocycles. The van der Waals surface area contributed by atoms with Crippen molar-refractivity contribution < 1.29 is 93.3 Å². The zero-order valence-electron chi connectivity index (χ0n) is 55.1. The van der Waals surface area contributed by atoms with Gasteiger partial charge in [-0.05, 0) is 93.7 Å². The fourth-order valence-electron chi connectivity index (χ4n) is 11.2. The lowest BCUT2D eigenvalue weighted by molar-refractivity contribution is -0.143. The number of rotatable bonds is 49. The number of carboxylic acid groups (broad SMARTS) is 7. The summed E-state index contributed by atoms with van der Waals surface area (Å²) in [7, 11) is 0. The molecule has 4 amide bonds. The van der Waals surface area contributed by atoms with E-state index in [1.165, 1.54) is 0 Å². The molecule has 1 heterocycles. The molecule has 0 aromatic heterocycles. The van der Waals surface area contributed by atoms with Crippen molar-refractivity contribution in [3.8, 4) is 0 Å². The summed E-state index contributed by atoms with van der Waals surface area (Å²) in [5.74, 6) is -9.71. The van der Waals surface area contributed by atoms with Crippen LogP contribution in [-0.2, 0) is 72.0 Å². The van der Waals surface area contributed by atoms with Crippen molar-refractivity contribution in [1.82, 2.24) is 46.2 Å². The third-order valence-electron chi connectivity index (χ3n) is 16.5. The van der Waals surface area contributed by atoms with Crippen LogP contribution in [0.4, 0.5) is 4.79 Å². The van der Waals surface area contributed by atoms with E-state index in [1.807, 2.05) is 54.6 Å². The molecule has 3 rings (SSSR count). The fourth-order valence-corrected chi connectivity index (χ4v) is 11.5. The van der Waals surface area contributed by atoms with Gasteiger partial charge < -0.3 is 62.3 Å². The summed E-state index contributed by atoms with van der Waals surface area (Å²) in [4.78, 5) is 154. The summed E-state index contributed by atoms with van der Waals surface area (Å²) >= 11 is 5.71. The van der Waals surface area contributed by atoms with Gasteiger partial charge in [0.1, 0.15) is 23.7 Å². The Morgan fingerprint density at radius 3 is 1.56 bits per heavy atom. The first-order chi connectivity index (χ1) is 45.8. The molecular formula is C67H101N9O19S. The average molecular weight is 1370 g/mol. The summed E-state index contributed by atoms with van der Waals surface area (Å²) in [6.45, 7) is 0.484. The number of carboxylic acids is 7. The normalized spacial score (nSPS) is 15.3. The fraction of sp³-hybridized carbons (Fsp3) is 0.627. The Morgan fingerprint density at radius 1 is 0.448 bits per heavy atom. The van der Waals surface area contributed by atoms with Crippen LogP contribution in [-0.4, -0.2) is 241 Å². The first-order valence-corrected chi connectivity index (χ1v) is 33.7. The van der Waals surface area contributed by atoms with Gasteiger partial charge in [-0.1, -0.05) is 98.9 Å². The Bertz CT molecular complexity index is 2800. The van der Waals surface area contributed by atoms with E-state index in [0.29, 0.717) is 88.7 Å². The van der Waals surface area contributed by atoms with Crippen molar-refractivity contribution in [2.75, 3.05) is 91.6 Å². The van der Waals surface area contributed by atoms with E-state index in [2.05, 4.69) is 26.6 Å². The van der Waals surface area contributed by atoms with Gasteiger partial charge in [0, 0.05) is 122 Å². The molecule has 28 nitrogen and oxygen atoms in total. The quantitative estimate of drug-likeness (QED) is 0.0324. The lowest BCUT2D eigenvalue weighted by atomic mass is 9.92. The number of unbranched alkanes of at least 4 members (excludes halogenated alkanes) is 7. The Hall–Kier alpha value is -7.99. The molecule has 0 radical (unpaired) electrons. The van der Waals surface area contributed by atoms with Gasteiger partial charge in [0.15, 0.2) is 0 Å². The molecule has 96 heavy (non-hydrogen) atoms. The van der Waals surface area contributed by atoms with Gasteiger partial charge in [0.05, 0.1) is 31.2 Å². The van der Waals surface area contributed by atoms with E-state index >= 15 is 0 Å². The number of Topliss-reactive ketones (excluding diaryl/α,β-unsaturated/α-hetero) is 2. The average Bonchev–Trinajstić information content (AvgIpc) is 1.14. The zero-order chi connectivity index (χ0) is 70.6. The second-order valence-corrected chi connectivity index (χ2v) is 25.0. The number of aryl methyl sites for hydroxylation is 1. The number of carbonyl (C=O) groups is 12. The molecule has 0 saturated carbocycles. The Labute approximate surface area is 566 Å². The predicted octanol–water partition coefficient (Wildman–Crippen LogP) is 4.33. The molecule has 1 fully saturated rings. The molecule has 1 saturated heterocycles. The van der Waals surface area contributed by atoms with Crippen molar-refractivity contribution in [1.29, 1.82) is 0 Å². The molecule has 2 aromatic carbocycles. The monoisotopic (exact) mass is 1370 g/mol. The van der Waals surface area contributed by atoms with Crippen molar-refractivity contribution in [2.45, 2.75) is 172 Å². The van der Waals surface area contributed by atoms with Gasteiger partial charge in [0.2, 0.25) is 11.8 Å². The van der Waals surface area contributed by atoms with Gasteiger partial charge in [-0.2, -0.15) is 0 Å². The maximum atomic E-state index is 13.9. The Kier molecular flexibility index (Phi) is 41.0. The molecule has 1 aliphatic rings. The molecule has 0 bridgehead atoms. The lowest BCUT2D eigenvalue weighted by Gasteiger charge is -2.37. The molecule has 4 atom stereocenters. The molecule has 534 valence electrons. The van der Waals surface area contributed by atoms with Crippen molar-refractivity contribution >= 4 is 88.4 Å². The van der Waals surface area contributed by atoms with Crippen molar-refractivity contribution in [3.05, 3.63) is 71.3 Å². The predicted molar refractivity (Wildman–Crippen MR) is 358 cm³/mol. The van der Waals surface area contributed by atoms with Crippen LogP contribution < -0.4 is 26.6 Å². The maximum Gasteiger partial charge on any atom is 0.326 e. The molecule has 2 aromatic rings. The first-order valence-electron chi connectivity index (χ1n) is 33.3. The molecule has 29 heteroatoms. The molecule has 1 aliphatic heterocycles. The number of hydrogen-bond acceptors (Lipinski definition) is 17. The van der Waals surface area contributed by atoms with Gasteiger partial charge in [-0.15, -0.1) is 0 Å². The van der Waals surface area contributed by atoms with Crippen LogP contribution in [0.15, 0.2) is 54.6 Å². The molecular weight excluding hydrogens is 1270 g/mol. The lowest BCUT2D eigenvalue weighted by Crippen LogP contribution is -2.53. The van der Waals surface area contributed by atoms with Crippen LogP contribution in [0.2, 0.25) is 0 Å². The van der Waals surface area contributed by atoms with E-state index in [9.17, 15) is 88.2 Å². The topological polar surface area (TPSA) is 420 Å². The summed E-state index contributed by atoms with van der Waals surface area (Å²) in [5.41, 5.74) is 2.81. The second kappa shape index (κ2) is 47.8. The molecule has 1 unspecified atom stereocenters. The third kappa shape index (κ3) is 39.1. The van der Waals surface area contributed by atoms with Crippen LogP contribution in [0, 0.1) is 5.92 Å². The van der Waals surface area contributed by atoms with Crippen LogP contribution in [0.25, 0.3) is 0 Å². The number of nitrogens with zero attached hydrogens (tertiary/aromatic N) is 4. The van der Waals surface area contributed by atoms with Crippen LogP contribution in [0.1, 0.15) is 152 Å². The number of urea groups is 1. The smallest absolute Gasteiger partial charge is 0.326 e. The largest absolute Gasteiger partial charge is 0.481 e. The van der Waals surface area contributed by atoms with E-state index in [-0.39, 0.29) is 147 Å². The summed E-state index contributed by atoms with van der Waals surface area (Å²) in [5, 5.41) is 81.0. The van der Waals surface area contributed by atoms with Gasteiger partial charge >= 0.3 is 47.8 Å². The minimum atomic E-state index is -1.30. The number of carbonyl (C=O) groups excluding carboxylic acids is 5. The second-order valence-electron chi connectivity index (χ2n) is 24.5.